The molecule has 2 heterocycles. The van der Waals surface area contributed by atoms with E-state index in [-0.39, 0.29) is 0 Å². The van der Waals surface area contributed by atoms with Gasteiger partial charge in [0, 0.05) is 23.3 Å². The van der Waals surface area contributed by atoms with Gasteiger partial charge in [0.2, 0.25) is 5.95 Å². The Kier molecular flexibility index (Phi) is 5.52. The van der Waals surface area contributed by atoms with Crippen LogP contribution in [0.5, 0.6) is 5.75 Å². The van der Waals surface area contributed by atoms with Crippen LogP contribution in [0.15, 0.2) is 24.3 Å². The third-order valence-electron chi connectivity index (χ3n) is 5.14. The Morgan fingerprint density at radius 2 is 2.00 bits per heavy atom. The molecule has 1 fully saturated rings. The monoisotopic (exact) mass is 400 g/mol. The Morgan fingerprint density at radius 1 is 1.18 bits per heavy atom. The van der Waals surface area contributed by atoms with Crippen LogP contribution in [0.3, 0.4) is 0 Å². The number of aromatic nitrogens is 4. The Morgan fingerprint density at radius 3 is 2.79 bits per heavy atom. The number of fused-ring (bicyclic) bond motifs is 1. The van der Waals surface area contributed by atoms with E-state index in [0.29, 0.717) is 34.1 Å². The summed E-state index contributed by atoms with van der Waals surface area (Å²) in [6, 6.07) is 7.38. The fourth-order valence-electron chi connectivity index (χ4n) is 3.70. The van der Waals surface area contributed by atoms with Crippen LogP contribution in [0.4, 0.5) is 17.5 Å². The molecule has 3 aromatic rings. The van der Waals surface area contributed by atoms with Gasteiger partial charge in [0.25, 0.3) is 5.78 Å². The van der Waals surface area contributed by atoms with Gasteiger partial charge in [-0.15, -0.1) is 5.10 Å². The lowest BCUT2D eigenvalue weighted by atomic mass is 9.89. The van der Waals surface area contributed by atoms with Gasteiger partial charge in [-0.1, -0.05) is 30.9 Å². The molecule has 0 amide bonds. The van der Waals surface area contributed by atoms with Crippen LogP contribution in [0.1, 0.15) is 37.8 Å². The maximum atomic E-state index is 6.12. The number of nitrogens with zero attached hydrogens (tertiary/aromatic N) is 4. The number of methoxy groups -OCH3 is 1. The zero-order valence-electron chi connectivity index (χ0n) is 16.2. The molecule has 8 heteroatoms. The molecule has 28 heavy (non-hydrogen) atoms. The molecule has 148 valence electrons. The molecule has 1 aliphatic rings. The summed E-state index contributed by atoms with van der Waals surface area (Å²) < 4.78 is 7.13. The zero-order valence-corrected chi connectivity index (χ0v) is 17.0. The predicted molar refractivity (Wildman–Crippen MR) is 112 cm³/mol. The SMILES string of the molecule is COc1ccc(Cl)cc1Nc1nc2nc(C)cc(NCC3CCCCC3)n2n1. The highest BCUT2D eigenvalue weighted by molar-refractivity contribution is 6.31. The lowest BCUT2D eigenvalue weighted by molar-refractivity contribution is 0.373. The van der Waals surface area contributed by atoms with Crippen molar-refractivity contribution in [2.75, 3.05) is 24.3 Å². The molecular weight excluding hydrogens is 376 g/mol. The summed E-state index contributed by atoms with van der Waals surface area (Å²) in [5.74, 6) is 3.29. The first-order valence-corrected chi connectivity index (χ1v) is 10.1. The van der Waals surface area contributed by atoms with Crippen LogP contribution in [0.25, 0.3) is 5.78 Å². The van der Waals surface area contributed by atoms with Crippen LogP contribution in [0, 0.1) is 12.8 Å². The molecule has 1 aliphatic carbocycles. The van der Waals surface area contributed by atoms with Gasteiger partial charge in [0.15, 0.2) is 0 Å². The van der Waals surface area contributed by atoms with Crippen molar-refractivity contribution in [2.45, 2.75) is 39.0 Å². The smallest absolute Gasteiger partial charge is 0.256 e. The fraction of sp³-hybridized carbons (Fsp3) is 0.450. The third kappa shape index (κ3) is 4.14. The summed E-state index contributed by atoms with van der Waals surface area (Å²) in [5, 5.41) is 11.9. The molecule has 7 nitrogen and oxygen atoms in total. The third-order valence-corrected chi connectivity index (χ3v) is 5.38. The van der Waals surface area contributed by atoms with Gasteiger partial charge in [-0.25, -0.2) is 4.98 Å². The van der Waals surface area contributed by atoms with E-state index in [1.54, 1.807) is 29.8 Å². The Labute approximate surface area is 169 Å². The van der Waals surface area contributed by atoms with Crippen molar-refractivity contribution in [3.63, 3.8) is 0 Å². The van der Waals surface area contributed by atoms with Gasteiger partial charge in [-0.2, -0.15) is 9.50 Å². The highest BCUT2D eigenvalue weighted by Gasteiger charge is 2.16. The van der Waals surface area contributed by atoms with Crippen molar-refractivity contribution in [2.24, 2.45) is 5.92 Å². The molecular formula is C20H25ClN6O. The number of hydrogen-bond acceptors (Lipinski definition) is 6. The van der Waals surface area contributed by atoms with Crippen LogP contribution in [-0.2, 0) is 0 Å². The number of rotatable bonds is 6. The number of nitrogens with one attached hydrogen (secondary N) is 2. The quantitative estimate of drug-likeness (QED) is 0.617. The second-order valence-corrected chi connectivity index (χ2v) is 7.72. The average Bonchev–Trinajstić information content (AvgIpc) is 3.09. The van der Waals surface area contributed by atoms with Crippen LogP contribution in [0.2, 0.25) is 5.02 Å². The molecule has 4 rings (SSSR count). The van der Waals surface area contributed by atoms with Gasteiger partial charge in [0.05, 0.1) is 12.8 Å². The number of anilines is 3. The van der Waals surface area contributed by atoms with Crippen LogP contribution < -0.4 is 15.4 Å². The predicted octanol–water partition coefficient (Wildman–Crippen LogP) is 4.83. The summed E-state index contributed by atoms with van der Waals surface area (Å²) in [7, 11) is 1.61. The number of benzene rings is 1. The second kappa shape index (κ2) is 8.22. The van der Waals surface area contributed by atoms with E-state index < -0.39 is 0 Å². The minimum absolute atomic E-state index is 0.444. The first-order valence-electron chi connectivity index (χ1n) is 9.71. The first kappa shape index (κ1) is 18.8. The molecule has 0 aliphatic heterocycles. The van der Waals surface area contributed by atoms with Crippen LogP contribution in [-0.4, -0.2) is 33.2 Å². The van der Waals surface area contributed by atoms with Crippen molar-refractivity contribution in [1.82, 2.24) is 19.6 Å². The van der Waals surface area contributed by atoms with E-state index in [1.165, 1.54) is 32.1 Å². The van der Waals surface area contributed by atoms with Crippen LogP contribution >= 0.6 is 11.6 Å². The van der Waals surface area contributed by atoms with Gasteiger partial charge >= 0.3 is 0 Å². The Balaban J connectivity index is 1.59. The Hall–Kier alpha value is -2.54. The first-order chi connectivity index (χ1) is 13.6. The number of aryl methyl sites for hydroxylation is 1. The van der Waals surface area contributed by atoms with E-state index in [0.717, 1.165) is 18.1 Å². The van der Waals surface area contributed by atoms with Gasteiger partial charge in [-0.05, 0) is 43.9 Å². The minimum atomic E-state index is 0.444. The molecule has 0 atom stereocenters. The fourth-order valence-corrected chi connectivity index (χ4v) is 3.88. The number of ether oxygens (including phenoxy) is 1. The number of hydrogen-bond donors (Lipinski definition) is 2. The summed E-state index contributed by atoms with van der Waals surface area (Å²) in [6.07, 6.45) is 6.60. The highest BCUT2D eigenvalue weighted by atomic mass is 35.5. The van der Waals surface area contributed by atoms with Crippen molar-refractivity contribution in [3.8, 4) is 5.75 Å². The van der Waals surface area contributed by atoms with E-state index in [2.05, 4.69) is 25.7 Å². The molecule has 1 saturated carbocycles. The average molecular weight is 401 g/mol. The molecule has 0 spiro atoms. The molecule has 1 aromatic carbocycles. The van der Waals surface area contributed by atoms with E-state index in [9.17, 15) is 0 Å². The minimum Gasteiger partial charge on any atom is -0.495 e. The maximum Gasteiger partial charge on any atom is 0.256 e. The lowest BCUT2D eigenvalue weighted by Crippen LogP contribution is -2.18. The van der Waals surface area contributed by atoms with E-state index in [4.69, 9.17) is 16.3 Å². The zero-order chi connectivity index (χ0) is 19.5. The standard InChI is InChI=1S/C20H25ClN6O/c1-13-10-18(22-12-14-6-4-3-5-7-14)27-20(23-13)25-19(26-27)24-16-11-15(21)8-9-17(16)28-2/h8-11,14,22H,3-7,12H2,1-2H3,(H,24,26). The maximum absolute atomic E-state index is 6.12. The summed E-state index contributed by atoms with van der Waals surface area (Å²) >= 11 is 6.12. The van der Waals surface area contributed by atoms with Gasteiger partial charge < -0.3 is 15.4 Å². The van der Waals surface area contributed by atoms with Crippen molar-refractivity contribution < 1.29 is 4.74 Å². The highest BCUT2D eigenvalue weighted by Crippen LogP contribution is 2.30. The Bertz CT molecular complexity index is 967. The van der Waals surface area contributed by atoms with Gasteiger partial charge in [0.1, 0.15) is 11.6 Å². The largest absolute Gasteiger partial charge is 0.495 e. The van der Waals surface area contributed by atoms with E-state index >= 15 is 0 Å². The molecule has 0 saturated heterocycles. The molecule has 2 aromatic heterocycles. The van der Waals surface area contributed by atoms with Crippen molar-refractivity contribution >= 4 is 34.8 Å². The van der Waals surface area contributed by atoms with E-state index in [1.807, 2.05) is 13.0 Å². The molecule has 0 unspecified atom stereocenters. The molecule has 2 N–H and O–H groups in total. The van der Waals surface area contributed by atoms with Gasteiger partial charge in [-0.3, -0.25) is 0 Å². The molecule has 0 radical (unpaired) electrons. The summed E-state index contributed by atoms with van der Waals surface area (Å²) in [5.41, 5.74) is 1.61. The second-order valence-electron chi connectivity index (χ2n) is 7.28. The normalized spacial score (nSPS) is 15.0. The summed E-state index contributed by atoms with van der Waals surface area (Å²) in [4.78, 5) is 9.03. The lowest BCUT2D eigenvalue weighted by Gasteiger charge is -2.22. The summed E-state index contributed by atoms with van der Waals surface area (Å²) in [6.45, 7) is 2.91. The topological polar surface area (TPSA) is 76.4 Å². The molecule has 0 bridgehead atoms. The van der Waals surface area contributed by atoms with Crippen molar-refractivity contribution in [1.29, 1.82) is 0 Å². The number of halogens is 1. The van der Waals surface area contributed by atoms with Crippen molar-refractivity contribution in [3.05, 3.63) is 35.0 Å².